The molecule has 1 heterocycles. The molecule has 6 nitrogen and oxygen atoms in total. The van der Waals surface area contributed by atoms with Crippen LogP contribution >= 0.6 is 11.6 Å². The summed E-state index contributed by atoms with van der Waals surface area (Å²) in [7, 11) is -3.85. The number of nitriles is 1. The number of nitrogens with zero attached hydrogens (tertiary/aromatic N) is 2. The number of unbranched alkanes of at least 4 members (excludes halogenated alkanes) is 1. The van der Waals surface area contributed by atoms with Crippen LogP contribution in [-0.4, -0.2) is 31.8 Å². The van der Waals surface area contributed by atoms with E-state index in [1.165, 1.54) is 6.07 Å². The predicted octanol–water partition coefficient (Wildman–Crippen LogP) is 4.16. The molecule has 2 aromatic rings. The first kappa shape index (κ1) is 21.9. The van der Waals surface area contributed by atoms with Crippen molar-refractivity contribution in [1.29, 1.82) is 5.26 Å². The minimum absolute atomic E-state index is 0.0901. The number of aryl methyl sites for hydroxylation is 1. The summed E-state index contributed by atoms with van der Waals surface area (Å²) in [4.78, 5) is 12.4. The van der Waals surface area contributed by atoms with E-state index in [0.717, 1.165) is 22.7 Å². The Labute approximate surface area is 181 Å². The van der Waals surface area contributed by atoms with Crippen LogP contribution in [-0.2, 0) is 26.0 Å². The fraction of sp³-hybridized carbons (Fsp3) is 0.273. The van der Waals surface area contributed by atoms with E-state index in [-0.39, 0.29) is 29.3 Å². The standard InChI is InChI=1S/C22H21ClN2O4S/c1-2-29-22(26)19(15-24)21-18-8-3-4-9-20(18)30(27,28)25(21)14-6-5-7-16-10-12-17(23)13-11-16/h3-4,8-13H,2,5-7,14H2,1H3/b21-19-. The van der Waals surface area contributed by atoms with Gasteiger partial charge in [-0.3, -0.25) is 4.31 Å². The summed E-state index contributed by atoms with van der Waals surface area (Å²) in [6, 6.07) is 15.7. The van der Waals surface area contributed by atoms with Crippen molar-refractivity contribution < 1.29 is 17.9 Å². The maximum Gasteiger partial charge on any atom is 0.351 e. The lowest BCUT2D eigenvalue weighted by Crippen LogP contribution is -2.27. The number of rotatable bonds is 7. The first-order chi connectivity index (χ1) is 14.4. The van der Waals surface area contributed by atoms with Gasteiger partial charge >= 0.3 is 5.97 Å². The zero-order valence-corrected chi connectivity index (χ0v) is 18.0. The highest BCUT2D eigenvalue weighted by Crippen LogP contribution is 2.40. The summed E-state index contributed by atoms with van der Waals surface area (Å²) in [5, 5.41) is 10.3. The van der Waals surface area contributed by atoms with Gasteiger partial charge in [0.2, 0.25) is 0 Å². The molecular formula is C22H21ClN2O4S. The molecule has 8 heteroatoms. The van der Waals surface area contributed by atoms with Gasteiger partial charge in [-0.15, -0.1) is 0 Å². The Morgan fingerprint density at radius 1 is 1.13 bits per heavy atom. The van der Waals surface area contributed by atoms with Gasteiger partial charge in [-0.1, -0.05) is 41.9 Å². The molecule has 2 aromatic carbocycles. The minimum Gasteiger partial charge on any atom is -0.462 e. The highest BCUT2D eigenvalue weighted by molar-refractivity contribution is 7.90. The van der Waals surface area contributed by atoms with Gasteiger partial charge in [-0.25, -0.2) is 13.2 Å². The highest BCUT2D eigenvalue weighted by Gasteiger charge is 2.40. The Morgan fingerprint density at radius 3 is 2.50 bits per heavy atom. The molecule has 0 atom stereocenters. The zero-order chi connectivity index (χ0) is 21.7. The number of hydrogen-bond donors (Lipinski definition) is 0. The molecule has 1 aliphatic rings. The van der Waals surface area contributed by atoms with E-state index in [1.54, 1.807) is 25.1 Å². The quantitative estimate of drug-likeness (QED) is 0.277. The fourth-order valence-electron chi connectivity index (χ4n) is 3.39. The van der Waals surface area contributed by atoms with E-state index in [2.05, 4.69) is 0 Å². The molecule has 0 unspecified atom stereocenters. The van der Waals surface area contributed by atoms with Crippen molar-refractivity contribution in [2.75, 3.05) is 13.2 Å². The molecule has 30 heavy (non-hydrogen) atoms. The average Bonchev–Trinajstić information content (AvgIpc) is 2.95. The summed E-state index contributed by atoms with van der Waals surface area (Å²) in [6.07, 6.45) is 2.06. The molecule has 3 rings (SSSR count). The van der Waals surface area contributed by atoms with Gasteiger partial charge in [0.05, 0.1) is 17.2 Å². The van der Waals surface area contributed by atoms with Crippen LogP contribution in [0.15, 0.2) is 59.0 Å². The maximum atomic E-state index is 13.1. The van der Waals surface area contributed by atoms with Crippen molar-refractivity contribution in [2.45, 2.75) is 31.1 Å². The minimum atomic E-state index is -3.85. The second-order valence-electron chi connectivity index (χ2n) is 6.71. The fourth-order valence-corrected chi connectivity index (χ4v) is 5.24. The molecule has 1 aliphatic heterocycles. The number of carbonyl (C=O) groups is 1. The summed E-state index contributed by atoms with van der Waals surface area (Å²) in [5.74, 6) is -0.826. The molecular weight excluding hydrogens is 424 g/mol. The largest absolute Gasteiger partial charge is 0.462 e. The maximum absolute atomic E-state index is 13.1. The van der Waals surface area contributed by atoms with Crippen LogP contribution in [0.1, 0.15) is 30.9 Å². The SMILES string of the molecule is CCOC(=O)/C(C#N)=C1/c2ccccc2S(=O)(=O)N1CCCCc1ccc(Cl)cc1. The number of esters is 1. The number of carbonyl (C=O) groups excluding carboxylic acids is 1. The molecule has 156 valence electrons. The molecule has 0 radical (unpaired) electrons. The van der Waals surface area contributed by atoms with Gasteiger partial charge in [-0.05, 0) is 49.9 Å². The molecule has 0 amide bonds. The summed E-state index contributed by atoms with van der Waals surface area (Å²) in [5.41, 5.74) is 1.24. The van der Waals surface area contributed by atoms with Gasteiger partial charge in [0.15, 0.2) is 5.57 Å². The third-order valence-corrected chi connectivity index (χ3v) is 6.89. The zero-order valence-electron chi connectivity index (χ0n) is 16.5. The topological polar surface area (TPSA) is 87.5 Å². The van der Waals surface area contributed by atoms with Gasteiger partial charge in [0, 0.05) is 17.1 Å². The van der Waals surface area contributed by atoms with Crippen LogP contribution in [0.2, 0.25) is 5.02 Å². The smallest absolute Gasteiger partial charge is 0.351 e. The number of ether oxygens (including phenoxy) is 1. The highest BCUT2D eigenvalue weighted by atomic mass is 35.5. The normalized spacial score (nSPS) is 16.0. The molecule has 0 bridgehead atoms. The van der Waals surface area contributed by atoms with E-state index in [4.69, 9.17) is 16.3 Å². The van der Waals surface area contributed by atoms with Crippen LogP contribution < -0.4 is 0 Å². The Kier molecular flexibility index (Phi) is 6.80. The number of halogens is 1. The monoisotopic (exact) mass is 444 g/mol. The van der Waals surface area contributed by atoms with E-state index < -0.39 is 16.0 Å². The molecule has 0 saturated carbocycles. The van der Waals surface area contributed by atoms with Gasteiger partial charge in [0.1, 0.15) is 6.07 Å². The lowest BCUT2D eigenvalue weighted by atomic mass is 10.1. The summed E-state index contributed by atoms with van der Waals surface area (Å²) < 4.78 is 32.4. The molecule has 0 saturated heterocycles. The van der Waals surface area contributed by atoms with Crippen LogP contribution in [0.5, 0.6) is 0 Å². The number of benzene rings is 2. The summed E-state index contributed by atoms with van der Waals surface area (Å²) in [6.45, 7) is 1.88. The van der Waals surface area contributed by atoms with Crippen molar-refractivity contribution in [2.24, 2.45) is 0 Å². The van der Waals surface area contributed by atoms with Crippen LogP contribution in [0.3, 0.4) is 0 Å². The van der Waals surface area contributed by atoms with E-state index in [0.29, 0.717) is 17.0 Å². The van der Waals surface area contributed by atoms with Gasteiger partial charge in [0.25, 0.3) is 10.0 Å². The molecule has 0 fully saturated rings. The van der Waals surface area contributed by atoms with Crippen molar-refractivity contribution in [1.82, 2.24) is 4.31 Å². The lowest BCUT2D eigenvalue weighted by molar-refractivity contribution is -0.137. The number of fused-ring (bicyclic) bond motifs is 1. The Bertz CT molecular complexity index is 1120. The van der Waals surface area contributed by atoms with Crippen molar-refractivity contribution in [3.05, 3.63) is 70.3 Å². The van der Waals surface area contributed by atoms with Crippen molar-refractivity contribution in [3.63, 3.8) is 0 Å². The molecule has 0 N–H and O–H groups in total. The van der Waals surface area contributed by atoms with Crippen LogP contribution in [0.4, 0.5) is 0 Å². The summed E-state index contributed by atoms with van der Waals surface area (Å²) >= 11 is 5.90. The third-order valence-electron chi connectivity index (χ3n) is 4.78. The Hall–Kier alpha value is -2.82. The van der Waals surface area contributed by atoms with Crippen molar-refractivity contribution in [3.8, 4) is 6.07 Å². The van der Waals surface area contributed by atoms with Gasteiger partial charge < -0.3 is 4.74 Å². The molecule has 0 spiro atoms. The van der Waals surface area contributed by atoms with E-state index >= 15 is 0 Å². The van der Waals surface area contributed by atoms with Gasteiger partial charge in [-0.2, -0.15) is 5.26 Å². The second-order valence-corrected chi connectivity index (χ2v) is 8.98. The molecule has 0 aromatic heterocycles. The van der Waals surface area contributed by atoms with Crippen LogP contribution in [0, 0.1) is 11.3 Å². The Balaban J connectivity index is 1.88. The number of hydrogen-bond acceptors (Lipinski definition) is 5. The lowest BCUT2D eigenvalue weighted by Gasteiger charge is -2.20. The third kappa shape index (κ3) is 4.35. The average molecular weight is 445 g/mol. The van der Waals surface area contributed by atoms with E-state index in [1.807, 2.05) is 30.3 Å². The van der Waals surface area contributed by atoms with E-state index in [9.17, 15) is 18.5 Å². The number of sulfonamides is 1. The Morgan fingerprint density at radius 2 is 1.83 bits per heavy atom. The van der Waals surface area contributed by atoms with Crippen LogP contribution in [0.25, 0.3) is 5.70 Å². The molecule has 0 aliphatic carbocycles. The first-order valence-electron chi connectivity index (χ1n) is 9.58. The van der Waals surface area contributed by atoms with Crippen molar-refractivity contribution >= 4 is 33.3 Å². The predicted molar refractivity (Wildman–Crippen MR) is 114 cm³/mol. The second kappa shape index (κ2) is 9.33. The first-order valence-corrected chi connectivity index (χ1v) is 11.4.